The Hall–Kier alpha value is -2.61. The fourth-order valence-corrected chi connectivity index (χ4v) is 4.00. The number of thiazole rings is 1. The second-order valence-electron chi connectivity index (χ2n) is 8.19. The highest BCUT2D eigenvalue weighted by Crippen LogP contribution is 2.31. The Labute approximate surface area is 181 Å². The summed E-state index contributed by atoms with van der Waals surface area (Å²) in [6.07, 6.45) is 1.61. The Morgan fingerprint density at radius 1 is 1.27 bits per heavy atom. The molecule has 2 bridgehead atoms. The number of nitrogens with zero attached hydrogens (tertiary/aromatic N) is 3. The van der Waals surface area contributed by atoms with E-state index in [0.29, 0.717) is 36.8 Å². The molecule has 0 saturated heterocycles. The highest BCUT2D eigenvalue weighted by molar-refractivity contribution is 7.07. The lowest BCUT2D eigenvalue weighted by atomic mass is 9.92. The van der Waals surface area contributed by atoms with Gasteiger partial charge in [0.05, 0.1) is 18.0 Å². The van der Waals surface area contributed by atoms with Crippen molar-refractivity contribution in [3.05, 3.63) is 40.3 Å². The molecule has 1 aliphatic heterocycles. The third-order valence-electron chi connectivity index (χ3n) is 5.23. The maximum atomic E-state index is 13.0. The molecule has 1 aromatic carbocycles. The molecule has 1 aromatic heterocycles. The number of fused-ring (bicyclic) bond motifs is 2. The van der Waals surface area contributed by atoms with Crippen molar-refractivity contribution in [1.29, 1.82) is 0 Å². The molecule has 0 N–H and O–H groups in total. The molecule has 7 nitrogen and oxygen atoms in total. The van der Waals surface area contributed by atoms with E-state index in [9.17, 15) is 9.59 Å². The van der Waals surface area contributed by atoms with Crippen molar-refractivity contribution in [2.24, 2.45) is 5.41 Å². The number of benzene rings is 1. The SMILES string of the molecule is COc1ccc2cc1OCC(C)(C)C(=O)N(C)CCCCN(C(=O)c1cscn1)C2. The lowest BCUT2D eigenvalue weighted by Crippen LogP contribution is -2.42. The topological polar surface area (TPSA) is 72.0 Å². The highest BCUT2D eigenvalue weighted by atomic mass is 32.1. The van der Waals surface area contributed by atoms with Crippen LogP contribution in [0.3, 0.4) is 0 Å². The zero-order valence-electron chi connectivity index (χ0n) is 18.0. The highest BCUT2D eigenvalue weighted by Gasteiger charge is 2.32. The van der Waals surface area contributed by atoms with Crippen LogP contribution < -0.4 is 9.47 Å². The van der Waals surface area contributed by atoms with Gasteiger partial charge in [-0.25, -0.2) is 4.98 Å². The lowest BCUT2D eigenvalue weighted by molar-refractivity contribution is -0.140. The Bertz CT molecular complexity index is 883. The van der Waals surface area contributed by atoms with Crippen LogP contribution in [0.2, 0.25) is 0 Å². The largest absolute Gasteiger partial charge is 0.493 e. The molecule has 0 aliphatic carbocycles. The standard InChI is InChI=1S/C22H29N3O4S/c1-22(2)14-29-19-11-16(7-8-18(19)28-4)12-25(20(26)17-13-30-15-23-17)10-6-5-9-24(3)21(22)27/h7-8,11,13,15H,5-6,9-10,12,14H2,1-4H3. The maximum Gasteiger partial charge on any atom is 0.273 e. The summed E-state index contributed by atoms with van der Waals surface area (Å²) in [7, 11) is 3.40. The van der Waals surface area contributed by atoms with Gasteiger partial charge in [-0.15, -0.1) is 11.3 Å². The fraction of sp³-hybridized carbons (Fsp3) is 0.500. The lowest BCUT2D eigenvalue weighted by Gasteiger charge is -2.30. The van der Waals surface area contributed by atoms with Gasteiger partial charge >= 0.3 is 0 Å². The fourth-order valence-electron chi connectivity index (χ4n) is 3.47. The molecule has 2 heterocycles. The first kappa shape index (κ1) is 22.1. The normalized spacial score (nSPS) is 17.8. The molecule has 0 radical (unpaired) electrons. The summed E-state index contributed by atoms with van der Waals surface area (Å²) in [5, 5.41) is 1.77. The molecule has 8 heteroatoms. The number of carbonyl (C=O) groups excluding carboxylic acids is 2. The van der Waals surface area contributed by atoms with Crippen LogP contribution >= 0.6 is 11.3 Å². The van der Waals surface area contributed by atoms with Crippen LogP contribution in [0.5, 0.6) is 11.5 Å². The van der Waals surface area contributed by atoms with Crippen LogP contribution in [0.15, 0.2) is 29.1 Å². The number of hydrogen-bond acceptors (Lipinski definition) is 6. The molecule has 0 saturated carbocycles. The van der Waals surface area contributed by atoms with E-state index < -0.39 is 5.41 Å². The summed E-state index contributed by atoms with van der Waals surface area (Å²) in [5.41, 5.74) is 2.40. The number of hydrogen-bond donors (Lipinski definition) is 0. The molecule has 3 rings (SSSR count). The third-order valence-corrected chi connectivity index (χ3v) is 5.81. The minimum atomic E-state index is -0.660. The molecular formula is C22H29N3O4S. The predicted molar refractivity (Wildman–Crippen MR) is 116 cm³/mol. The minimum Gasteiger partial charge on any atom is -0.493 e. The van der Waals surface area contributed by atoms with E-state index in [1.165, 1.54) is 11.3 Å². The van der Waals surface area contributed by atoms with E-state index >= 15 is 0 Å². The van der Waals surface area contributed by atoms with Crippen molar-refractivity contribution in [2.45, 2.75) is 33.2 Å². The molecule has 162 valence electrons. The average molecular weight is 432 g/mol. The van der Waals surface area contributed by atoms with E-state index in [4.69, 9.17) is 9.47 Å². The van der Waals surface area contributed by atoms with Gasteiger partial charge in [0, 0.05) is 32.1 Å². The number of carbonyl (C=O) groups is 2. The van der Waals surface area contributed by atoms with Crippen molar-refractivity contribution in [2.75, 3.05) is 33.9 Å². The predicted octanol–water partition coefficient (Wildman–Crippen LogP) is 3.45. The average Bonchev–Trinajstić information content (AvgIpc) is 3.27. The van der Waals surface area contributed by atoms with Gasteiger partial charge in [-0.3, -0.25) is 9.59 Å². The molecular weight excluding hydrogens is 402 g/mol. The first-order chi connectivity index (χ1) is 14.3. The first-order valence-electron chi connectivity index (χ1n) is 10.0. The molecule has 2 aromatic rings. The Morgan fingerprint density at radius 3 is 2.73 bits per heavy atom. The maximum absolute atomic E-state index is 13.0. The summed E-state index contributed by atoms with van der Waals surface area (Å²) in [4.78, 5) is 33.6. The Balaban J connectivity index is 1.91. The molecule has 0 unspecified atom stereocenters. The van der Waals surface area contributed by atoms with Gasteiger partial charge in [-0.2, -0.15) is 0 Å². The summed E-state index contributed by atoms with van der Waals surface area (Å²) < 4.78 is 11.5. The summed E-state index contributed by atoms with van der Waals surface area (Å²) in [5.74, 6) is 1.11. The molecule has 0 fully saturated rings. The number of aromatic nitrogens is 1. The zero-order chi connectivity index (χ0) is 21.7. The third kappa shape index (κ3) is 5.11. The van der Waals surface area contributed by atoms with Crippen LogP contribution in [-0.4, -0.2) is 60.5 Å². The van der Waals surface area contributed by atoms with Gasteiger partial charge in [0.1, 0.15) is 12.3 Å². The number of amides is 2. The summed E-state index contributed by atoms with van der Waals surface area (Å²) >= 11 is 1.41. The van der Waals surface area contributed by atoms with Crippen molar-refractivity contribution in [1.82, 2.24) is 14.8 Å². The smallest absolute Gasteiger partial charge is 0.273 e. The van der Waals surface area contributed by atoms with Gasteiger partial charge in [-0.1, -0.05) is 6.07 Å². The minimum absolute atomic E-state index is 0.0325. The van der Waals surface area contributed by atoms with E-state index in [-0.39, 0.29) is 18.4 Å². The van der Waals surface area contributed by atoms with E-state index in [1.807, 2.05) is 39.1 Å². The summed E-state index contributed by atoms with van der Waals surface area (Å²) in [6.45, 7) is 5.69. The molecule has 1 aliphatic rings. The molecule has 30 heavy (non-hydrogen) atoms. The zero-order valence-corrected chi connectivity index (χ0v) is 18.8. The second-order valence-corrected chi connectivity index (χ2v) is 8.91. The van der Waals surface area contributed by atoms with Crippen LogP contribution in [-0.2, 0) is 11.3 Å². The van der Waals surface area contributed by atoms with Crippen molar-refractivity contribution in [3.8, 4) is 11.5 Å². The van der Waals surface area contributed by atoms with Gasteiger partial charge in [-0.05, 0) is 44.4 Å². The second kappa shape index (κ2) is 9.47. The van der Waals surface area contributed by atoms with E-state index in [1.54, 1.807) is 27.8 Å². The monoisotopic (exact) mass is 431 g/mol. The molecule has 0 spiro atoms. The Morgan fingerprint density at radius 2 is 2.03 bits per heavy atom. The number of methoxy groups -OCH3 is 1. The van der Waals surface area contributed by atoms with Gasteiger partial charge in [0.2, 0.25) is 5.91 Å². The molecule has 0 atom stereocenters. The Kier molecular flexibility index (Phi) is 6.97. The van der Waals surface area contributed by atoms with Gasteiger partial charge < -0.3 is 19.3 Å². The van der Waals surface area contributed by atoms with Crippen molar-refractivity contribution < 1.29 is 19.1 Å². The van der Waals surface area contributed by atoms with Crippen LogP contribution in [0.25, 0.3) is 0 Å². The van der Waals surface area contributed by atoms with Crippen LogP contribution in [0, 0.1) is 5.41 Å². The van der Waals surface area contributed by atoms with Crippen molar-refractivity contribution in [3.63, 3.8) is 0 Å². The van der Waals surface area contributed by atoms with Crippen molar-refractivity contribution >= 4 is 23.2 Å². The first-order valence-corrected chi connectivity index (χ1v) is 11.0. The summed E-state index contributed by atoms with van der Waals surface area (Å²) in [6, 6.07) is 5.65. The van der Waals surface area contributed by atoms with E-state index in [2.05, 4.69) is 4.98 Å². The van der Waals surface area contributed by atoms with E-state index in [0.717, 1.165) is 18.4 Å². The van der Waals surface area contributed by atoms with Crippen LogP contribution in [0.1, 0.15) is 42.7 Å². The van der Waals surface area contributed by atoms with Gasteiger partial charge in [0.15, 0.2) is 11.5 Å². The van der Waals surface area contributed by atoms with Crippen LogP contribution in [0.4, 0.5) is 0 Å². The van der Waals surface area contributed by atoms with Gasteiger partial charge in [0.25, 0.3) is 5.91 Å². The quantitative estimate of drug-likeness (QED) is 0.728. The number of rotatable bonds is 2. The molecule has 2 amide bonds. The number of ether oxygens (including phenoxy) is 2.